The minimum Gasteiger partial charge on any atom is -0.313 e. The second-order valence-electron chi connectivity index (χ2n) is 3.09. The van der Waals surface area contributed by atoms with Crippen LogP contribution in [0.2, 0.25) is 0 Å². The lowest BCUT2D eigenvalue weighted by molar-refractivity contribution is 0.560. The molecule has 74 valence electrons. The van der Waals surface area contributed by atoms with Crippen molar-refractivity contribution in [2.24, 2.45) is 4.99 Å². The van der Waals surface area contributed by atoms with E-state index < -0.39 is 0 Å². The van der Waals surface area contributed by atoms with Crippen LogP contribution in [-0.2, 0) is 4.79 Å². The van der Waals surface area contributed by atoms with E-state index >= 15 is 0 Å². The van der Waals surface area contributed by atoms with E-state index in [0.29, 0.717) is 6.54 Å². The van der Waals surface area contributed by atoms with Crippen molar-refractivity contribution in [1.29, 1.82) is 5.41 Å². The first-order chi connectivity index (χ1) is 6.41. The summed E-state index contributed by atoms with van der Waals surface area (Å²) in [4.78, 5) is 13.2. The van der Waals surface area contributed by atoms with Crippen molar-refractivity contribution in [2.45, 2.75) is 44.9 Å². The minimum atomic E-state index is 0.629. The lowest BCUT2D eigenvalue weighted by Crippen LogP contribution is -1.83. The van der Waals surface area contributed by atoms with Gasteiger partial charge < -0.3 is 5.41 Å². The Morgan fingerprint density at radius 2 is 1.69 bits per heavy atom. The Morgan fingerprint density at radius 3 is 2.31 bits per heavy atom. The molecule has 1 N–H and O–H groups in total. The number of rotatable bonds is 9. The molecule has 0 aliphatic heterocycles. The first kappa shape index (κ1) is 12.0. The van der Waals surface area contributed by atoms with Crippen LogP contribution in [-0.4, -0.2) is 18.8 Å². The molecule has 0 amide bonds. The van der Waals surface area contributed by atoms with Gasteiger partial charge in [-0.05, 0) is 25.5 Å². The second kappa shape index (κ2) is 11.1. The summed E-state index contributed by atoms with van der Waals surface area (Å²) in [7, 11) is 0. The number of aliphatic imine (C=N–C) groups is 1. The van der Waals surface area contributed by atoms with Gasteiger partial charge in [-0.3, -0.25) is 0 Å². The standard InChI is InChI=1S/C10H18N2O/c11-8-6-4-2-1-3-5-7-9-12-10-13/h8,11H,1-7,9H2. The number of nitrogens with one attached hydrogen (secondary N) is 1. The first-order valence-electron chi connectivity index (χ1n) is 4.94. The molecule has 0 fully saturated rings. The molecule has 3 nitrogen and oxygen atoms in total. The number of unbranched alkanes of at least 4 members (excludes halogenated alkanes) is 6. The van der Waals surface area contributed by atoms with Gasteiger partial charge in [-0.25, -0.2) is 9.79 Å². The Morgan fingerprint density at radius 1 is 1.08 bits per heavy atom. The topological polar surface area (TPSA) is 53.3 Å². The molecule has 0 aromatic rings. The predicted octanol–water partition coefficient (Wildman–Crippen LogP) is 2.70. The molecule has 0 unspecified atom stereocenters. The van der Waals surface area contributed by atoms with E-state index in [0.717, 1.165) is 25.7 Å². The molecule has 0 saturated heterocycles. The molecule has 0 aromatic carbocycles. The van der Waals surface area contributed by atoms with E-state index in [4.69, 9.17) is 5.41 Å². The van der Waals surface area contributed by atoms with E-state index in [9.17, 15) is 4.79 Å². The highest BCUT2D eigenvalue weighted by Gasteiger charge is 1.89. The fourth-order valence-electron chi connectivity index (χ4n) is 1.19. The van der Waals surface area contributed by atoms with E-state index in [1.54, 1.807) is 0 Å². The van der Waals surface area contributed by atoms with Crippen molar-refractivity contribution >= 4 is 12.3 Å². The smallest absolute Gasteiger partial charge is 0.234 e. The average molecular weight is 182 g/mol. The summed E-state index contributed by atoms with van der Waals surface area (Å²) < 4.78 is 0. The van der Waals surface area contributed by atoms with Gasteiger partial charge in [0, 0.05) is 0 Å². The molecule has 0 aliphatic rings. The van der Waals surface area contributed by atoms with Crippen molar-refractivity contribution in [3.8, 4) is 0 Å². The van der Waals surface area contributed by atoms with Crippen LogP contribution in [0.25, 0.3) is 0 Å². The molecular weight excluding hydrogens is 164 g/mol. The Labute approximate surface area is 79.8 Å². The number of hydrogen-bond acceptors (Lipinski definition) is 3. The predicted molar refractivity (Wildman–Crippen MR) is 54.1 cm³/mol. The molecule has 0 spiro atoms. The number of carbonyl (C=O) groups excluding carboxylic acids is 1. The van der Waals surface area contributed by atoms with Gasteiger partial charge in [0.15, 0.2) is 0 Å². The minimum absolute atomic E-state index is 0.629. The van der Waals surface area contributed by atoms with Gasteiger partial charge >= 0.3 is 0 Å². The molecule has 0 saturated carbocycles. The first-order valence-corrected chi connectivity index (χ1v) is 4.94. The van der Waals surface area contributed by atoms with E-state index in [2.05, 4.69) is 4.99 Å². The van der Waals surface area contributed by atoms with Crippen molar-refractivity contribution in [3.63, 3.8) is 0 Å². The largest absolute Gasteiger partial charge is 0.313 e. The van der Waals surface area contributed by atoms with Crippen molar-refractivity contribution in [2.75, 3.05) is 6.54 Å². The zero-order valence-corrected chi connectivity index (χ0v) is 8.09. The highest BCUT2D eigenvalue weighted by atomic mass is 16.1. The number of isocyanates is 1. The zero-order valence-electron chi connectivity index (χ0n) is 8.09. The van der Waals surface area contributed by atoms with E-state index in [1.807, 2.05) is 0 Å². The van der Waals surface area contributed by atoms with Gasteiger partial charge in [-0.1, -0.05) is 25.7 Å². The summed E-state index contributed by atoms with van der Waals surface area (Å²) in [6, 6.07) is 0. The lowest BCUT2D eigenvalue weighted by atomic mass is 10.1. The molecule has 0 heterocycles. The normalized spacial score (nSPS) is 9.23. The highest BCUT2D eigenvalue weighted by Crippen LogP contribution is 2.06. The van der Waals surface area contributed by atoms with Crippen LogP contribution in [0.1, 0.15) is 44.9 Å². The van der Waals surface area contributed by atoms with Crippen molar-refractivity contribution in [3.05, 3.63) is 0 Å². The molecule has 0 atom stereocenters. The summed E-state index contributed by atoms with van der Waals surface area (Å²) in [6.07, 6.45) is 10.9. The van der Waals surface area contributed by atoms with E-state index in [1.165, 1.54) is 31.6 Å². The van der Waals surface area contributed by atoms with Crippen molar-refractivity contribution < 1.29 is 4.79 Å². The van der Waals surface area contributed by atoms with Gasteiger partial charge in [-0.2, -0.15) is 0 Å². The SMILES string of the molecule is N=CCCCCCCCCN=C=O. The maximum absolute atomic E-state index is 9.70. The molecule has 0 radical (unpaired) electrons. The van der Waals surface area contributed by atoms with Gasteiger partial charge in [-0.15, -0.1) is 0 Å². The number of hydrogen-bond donors (Lipinski definition) is 1. The average Bonchev–Trinajstić information content (AvgIpc) is 2.16. The number of nitrogens with zero attached hydrogens (tertiary/aromatic N) is 1. The van der Waals surface area contributed by atoms with Crippen LogP contribution in [0.4, 0.5) is 0 Å². The summed E-state index contributed by atoms with van der Waals surface area (Å²) in [5, 5.41) is 6.82. The third-order valence-corrected chi connectivity index (χ3v) is 1.93. The van der Waals surface area contributed by atoms with Crippen LogP contribution in [0.3, 0.4) is 0 Å². The van der Waals surface area contributed by atoms with Gasteiger partial charge in [0.25, 0.3) is 0 Å². The monoisotopic (exact) mass is 182 g/mol. The lowest BCUT2D eigenvalue weighted by Gasteiger charge is -1.97. The van der Waals surface area contributed by atoms with Crippen LogP contribution < -0.4 is 0 Å². The summed E-state index contributed by atoms with van der Waals surface area (Å²) in [6.45, 7) is 0.629. The Balaban J connectivity index is 2.90. The van der Waals surface area contributed by atoms with Crippen LogP contribution in [0.15, 0.2) is 4.99 Å². The van der Waals surface area contributed by atoms with Crippen LogP contribution in [0, 0.1) is 5.41 Å². The molecule has 3 heteroatoms. The van der Waals surface area contributed by atoms with Gasteiger partial charge in [0.2, 0.25) is 6.08 Å². The zero-order chi connectivity index (χ0) is 9.78. The van der Waals surface area contributed by atoms with Crippen molar-refractivity contribution in [1.82, 2.24) is 0 Å². The third kappa shape index (κ3) is 11.0. The summed E-state index contributed by atoms with van der Waals surface area (Å²) in [5.41, 5.74) is 0. The van der Waals surface area contributed by atoms with Crippen LogP contribution >= 0.6 is 0 Å². The third-order valence-electron chi connectivity index (χ3n) is 1.93. The molecular formula is C10H18N2O. The molecule has 13 heavy (non-hydrogen) atoms. The summed E-state index contributed by atoms with van der Waals surface area (Å²) in [5.74, 6) is 0. The maximum Gasteiger partial charge on any atom is 0.234 e. The van der Waals surface area contributed by atoms with E-state index in [-0.39, 0.29) is 0 Å². The molecule has 0 rings (SSSR count). The summed E-state index contributed by atoms with van der Waals surface area (Å²) >= 11 is 0. The molecule has 0 bridgehead atoms. The van der Waals surface area contributed by atoms with Gasteiger partial charge in [0.1, 0.15) is 0 Å². The quantitative estimate of drug-likeness (QED) is 0.332. The molecule has 0 aliphatic carbocycles. The Bertz CT molecular complexity index is 162. The van der Waals surface area contributed by atoms with Crippen LogP contribution in [0.5, 0.6) is 0 Å². The maximum atomic E-state index is 9.70. The molecule has 0 aromatic heterocycles. The Hall–Kier alpha value is -0.950. The highest BCUT2D eigenvalue weighted by molar-refractivity contribution is 5.52. The Kier molecular flexibility index (Phi) is 10.2. The fourth-order valence-corrected chi connectivity index (χ4v) is 1.19. The fraction of sp³-hybridized carbons (Fsp3) is 0.800. The second-order valence-corrected chi connectivity index (χ2v) is 3.09. The van der Waals surface area contributed by atoms with Gasteiger partial charge in [0.05, 0.1) is 6.54 Å².